The van der Waals surface area contributed by atoms with Crippen LogP contribution in [0.5, 0.6) is 0 Å². The number of amides is 1. The van der Waals surface area contributed by atoms with Gasteiger partial charge in [0.05, 0.1) is 17.9 Å². The van der Waals surface area contributed by atoms with Gasteiger partial charge in [0.1, 0.15) is 0 Å². The lowest BCUT2D eigenvalue weighted by atomic mass is 9.85. The molecule has 1 saturated carbocycles. The van der Waals surface area contributed by atoms with Crippen molar-refractivity contribution in [3.8, 4) is 0 Å². The molecular formula is C20H27N5O. The fourth-order valence-corrected chi connectivity index (χ4v) is 4.07. The normalized spacial score (nSPS) is 24.7. The van der Waals surface area contributed by atoms with Crippen molar-refractivity contribution < 1.29 is 4.79 Å². The van der Waals surface area contributed by atoms with Crippen molar-refractivity contribution in [3.05, 3.63) is 48.0 Å². The lowest BCUT2D eigenvalue weighted by Crippen LogP contribution is -2.47. The fourth-order valence-electron chi connectivity index (χ4n) is 4.07. The van der Waals surface area contributed by atoms with Gasteiger partial charge in [-0.15, -0.1) is 0 Å². The van der Waals surface area contributed by atoms with Gasteiger partial charge in [-0.2, -0.15) is 5.10 Å². The van der Waals surface area contributed by atoms with Gasteiger partial charge in [0.15, 0.2) is 0 Å². The summed E-state index contributed by atoms with van der Waals surface area (Å²) in [5, 5.41) is 8.00. The molecule has 2 aromatic rings. The van der Waals surface area contributed by atoms with Crippen molar-refractivity contribution in [2.45, 2.75) is 50.7 Å². The van der Waals surface area contributed by atoms with E-state index < -0.39 is 0 Å². The second kappa shape index (κ2) is 7.19. The third-order valence-electron chi connectivity index (χ3n) is 5.59. The van der Waals surface area contributed by atoms with E-state index in [1.807, 2.05) is 36.3 Å². The van der Waals surface area contributed by atoms with E-state index in [2.05, 4.69) is 39.5 Å². The van der Waals surface area contributed by atoms with Crippen LogP contribution in [0.25, 0.3) is 0 Å². The Morgan fingerprint density at radius 2 is 2.15 bits per heavy atom. The van der Waals surface area contributed by atoms with Crippen molar-refractivity contribution in [1.29, 1.82) is 0 Å². The standard InChI is InChI=1S/C20H27N5O/c1-14(18-5-3-4-10-21-18)22-11-15-6-9-19(26)25(17-7-8-17)20(15)16-12-23-24(2)13-16/h3-5,10,12-15,17,20,22H,6-9,11H2,1-2H3/t14?,15-,20+/m1/s1. The van der Waals surface area contributed by atoms with Gasteiger partial charge in [-0.1, -0.05) is 6.07 Å². The zero-order valence-corrected chi connectivity index (χ0v) is 15.5. The molecule has 3 atom stereocenters. The number of hydrogen-bond acceptors (Lipinski definition) is 4. The number of likely N-dealkylation sites (tertiary alicyclic amines) is 1. The van der Waals surface area contributed by atoms with E-state index in [4.69, 9.17) is 0 Å². The smallest absolute Gasteiger partial charge is 0.223 e. The molecular weight excluding hydrogens is 326 g/mol. The maximum absolute atomic E-state index is 12.6. The van der Waals surface area contributed by atoms with E-state index in [-0.39, 0.29) is 12.1 Å². The van der Waals surface area contributed by atoms with Crippen LogP contribution < -0.4 is 5.32 Å². The Bertz CT molecular complexity index is 755. The molecule has 6 heteroatoms. The Morgan fingerprint density at radius 3 is 2.81 bits per heavy atom. The molecule has 0 spiro atoms. The van der Waals surface area contributed by atoms with Crippen LogP contribution in [0.1, 0.15) is 55.9 Å². The van der Waals surface area contributed by atoms with Gasteiger partial charge >= 0.3 is 0 Å². The summed E-state index contributed by atoms with van der Waals surface area (Å²) >= 11 is 0. The Balaban J connectivity index is 1.52. The second-order valence-corrected chi connectivity index (χ2v) is 7.61. The molecule has 0 radical (unpaired) electrons. The van der Waals surface area contributed by atoms with Gasteiger partial charge in [0.25, 0.3) is 0 Å². The van der Waals surface area contributed by atoms with Crippen molar-refractivity contribution in [2.24, 2.45) is 13.0 Å². The van der Waals surface area contributed by atoms with Crippen molar-refractivity contribution in [3.63, 3.8) is 0 Å². The third kappa shape index (κ3) is 3.51. The molecule has 1 aliphatic carbocycles. The predicted octanol–water partition coefficient (Wildman–Crippen LogP) is 2.61. The predicted molar refractivity (Wildman–Crippen MR) is 99.2 cm³/mol. The number of rotatable bonds is 6. The van der Waals surface area contributed by atoms with E-state index >= 15 is 0 Å². The summed E-state index contributed by atoms with van der Waals surface area (Å²) in [6, 6.07) is 6.75. The molecule has 26 heavy (non-hydrogen) atoms. The van der Waals surface area contributed by atoms with Crippen molar-refractivity contribution >= 4 is 5.91 Å². The third-order valence-corrected chi connectivity index (χ3v) is 5.59. The molecule has 0 bridgehead atoms. The molecule has 1 amide bonds. The Kier molecular flexibility index (Phi) is 4.76. The van der Waals surface area contributed by atoms with Crippen LogP contribution in [0, 0.1) is 5.92 Å². The minimum atomic E-state index is 0.126. The van der Waals surface area contributed by atoms with Gasteiger partial charge < -0.3 is 10.2 Å². The Morgan fingerprint density at radius 1 is 1.31 bits per heavy atom. The topological polar surface area (TPSA) is 63.1 Å². The van der Waals surface area contributed by atoms with Crippen LogP contribution in [0.15, 0.2) is 36.8 Å². The van der Waals surface area contributed by atoms with Crippen molar-refractivity contribution in [2.75, 3.05) is 6.54 Å². The van der Waals surface area contributed by atoms with Crippen LogP contribution in [0.3, 0.4) is 0 Å². The van der Waals surface area contributed by atoms with Gasteiger partial charge in [0.2, 0.25) is 5.91 Å². The molecule has 6 nitrogen and oxygen atoms in total. The molecule has 138 valence electrons. The number of nitrogens with zero attached hydrogens (tertiary/aromatic N) is 4. The average molecular weight is 353 g/mol. The summed E-state index contributed by atoms with van der Waals surface area (Å²) in [6.07, 6.45) is 9.66. The maximum atomic E-state index is 12.6. The number of aryl methyl sites for hydroxylation is 1. The largest absolute Gasteiger partial charge is 0.332 e. The zero-order chi connectivity index (χ0) is 18.1. The summed E-state index contributed by atoms with van der Waals surface area (Å²) < 4.78 is 1.83. The first kappa shape index (κ1) is 17.2. The number of carbonyl (C=O) groups is 1. The molecule has 1 N–H and O–H groups in total. The Hall–Kier alpha value is -2.21. The van der Waals surface area contributed by atoms with Gasteiger partial charge in [-0.05, 0) is 44.2 Å². The number of nitrogens with one attached hydrogen (secondary N) is 1. The zero-order valence-electron chi connectivity index (χ0n) is 15.5. The highest BCUT2D eigenvalue weighted by Crippen LogP contribution is 2.43. The molecule has 1 unspecified atom stereocenters. The lowest BCUT2D eigenvalue weighted by Gasteiger charge is -2.41. The first-order chi connectivity index (χ1) is 12.6. The van der Waals surface area contributed by atoms with E-state index in [0.717, 1.165) is 37.1 Å². The quantitative estimate of drug-likeness (QED) is 0.867. The molecule has 0 aromatic carbocycles. The number of carbonyl (C=O) groups excluding carboxylic acids is 1. The summed E-state index contributed by atoms with van der Waals surface area (Å²) in [7, 11) is 1.94. The first-order valence-electron chi connectivity index (χ1n) is 9.57. The van der Waals surface area contributed by atoms with Crippen LogP contribution >= 0.6 is 0 Å². The van der Waals surface area contributed by atoms with Crippen LogP contribution in [-0.2, 0) is 11.8 Å². The van der Waals surface area contributed by atoms with Gasteiger partial charge in [-0.3, -0.25) is 14.5 Å². The Labute approximate surface area is 154 Å². The summed E-state index contributed by atoms with van der Waals surface area (Å²) in [5.41, 5.74) is 2.21. The molecule has 3 heterocycles. The highest BCUT2D eigenvalue weighted by molar-refractivity contribution is 5.78. The summed E-state index contributed by atoms with van der Waals surface area (Å²) in [4.78, 5) is 19.2. The highest BCUT2D eigenvalue weighted by Gasteiger charge is 2.44. The number of piperidine rings is 1. The number of hydrogen-bond donors (Lipinski definition) is 1. The molecule has 2 aromatic heterocycles. The fraction of sp³-hybridized carbons (Fsp3) is 0.550. The summed E-state index contributed by atoms with van der Waals surface area (Å²) in [6.45, 7) is 3.02. The van der Waals surface area contributed by atoms with Crippen LogP contribution in [0.4, 0.5) is 0 Å². The van der Waals surface area contributed by atoms with Gasteiger partial charge in [0, 0.05) is 50.1 Å². The SMILES string of the molecule is CC(NC[C@H]1CCC(=O)N(C2CC2)[C@@H]1c1cnn(C)c1)c1ccccn1. The van der Waals surface area contributed by atoms with Crippen molar-refractivity contribution in [1.82, 2.24) is 25.0 Å². The summed E-state index contributed by atoms with van der Waals surface area (Å²) in [5.74, 6) is 0.694. The minimum absolute atomic E-state index is 0.126. The molecule has 1 aliphatic heterocycles. The molecule has 2 fully saturated rings. The van der Waals surface area contributed by atoms with E-state index in [1.54, 1.807) is 0 Å². The lowest BCUT2D eigenvalue weighted by molar-refractivity contribution is -0.139. The first-order valence-corrected chi connectivity index (χ1v) is 9.57. The minimum Gasteiger partial charge on any atom is -0.332 e. The molecule has 2 aliphatic rings. The average Bonchev–Trinajstić information content (AvgIpc) is 3.41. The van der Waals surface area contributed by atoms with E-state index in [0.29, 0.717) is 24.3 Å². The number of aromatic nitrogens is 3. The van der Waals surface area contributed by atoms with E-state index in [9.17, 15) is 4.79 Å². The monoisotopic (exact) mass is 353 g/mol. The maximum Gasteiger partial charge on any atom is 0.223 e. The molecule has 1 saturated heterocycles. The highest BCUT2D eigenvalue weighted by atomic mass is 16.2. The van der Waals surface area contributed by atoms with Gasteiger partial charge in [-0.25, -0.2) is 0 Å². The number of pyridine rings is 1. The van der Waals surface area contributed by atoms with E-state index in [1.165, 1.54) is 0 Å². The second-order valence-electron chi connectivity index (χ2n) is 7.61. The van der Waals surface area contributed by atoms with Crippen LogP contribution in [0.2, 0.25) is 0 Å². The van der Waals surface area contributed by atoms with Crippen LogP contribution in [-0.4, -0.2) is 38.2 Å². The molecule has 4 rings (SSSR count).